The second-order valence-electron chi connectivity index (χ2n) is 7.56. The number of carbonyl (C=O) groups is 1. The molecule has 3 heterocycles. The number of thiocarbonyl (C=S) groups is 1. The first-order valence-electron chi connectivity index (χ1n) is 10.0. The molecule has 1 amide bonds. The third-order valence-corrected chi connectivity index (χ3v) is 5.63. The van der Waals surface area contributed by atoms with Crippen LogP contribution in [0.3, 0.4) is 0 Å². The second-order valence-corrected chi connectivity index (χ2v) is 7.94. The number of anilines is 2. The molecule has 0 unspecified atom stereocenters. The van der Waals surface area contributed by atoms with Crippen LogP contribution in [0, 0.1) is 13.8 Å². The predicted octanol–water partition coefficient (Wildman–Crippen LogP) is 3.79. The molecule has 0 saturated carbocycles. The lowest BCUT2D eigenvalue weighted by atomic mass is 9.96. The zero-order valence-electron chi connectivity index (χ0n) is 17.7. The van der Waals surface area contributed by atoms with Gasteiger partial charge < -0.3 is 25.3 Å². The first kappa shape index (κ1) is 21.0. The largest absolute Gasteiger partial charge is 0.375 e. The Hall–Kier alpha value is -3.23. The summed E-state index contributed by atoms with van der Waals surface area (Å²) in [6.45, 7) is 4.14. The summed E-state index contributed by atoms with van der Waals surface area (Å²) in [5.41, 5.74) is 5.93. The molecule has 2 aromatic heterocycles. The van der Waals surface area contributed by atoms with Crippen LogP contribution >= 0.6 is 12.2 Å². The summed E-state index contributed by atoms with van der Waals surface area (Å²) in [5.74, 6) is -0.194. The Balaban J connectivity index is 1.70. The summed E-state index contributed by atoms with van der Waals surface area (Å²) in [5, 5.41) is 6.91. The van der Waals surface area contributed by atoms with Crippen molar-refractivity contribution in [3.63, 3.8) is 0 Å². The minimum atomic E-state index is -0.194. The van der Waals surface area contributed by atoms with Crippen molar-refractivity contribution in [3.05, 3.63) is 77.4 Å². The van der Waals surface area contributed by atoms with E-state index in [1.165, 1.54) is 7.11 Å². The van der Waals surface area contributed by atoms with E-state index in [9.17, 15) is 4.79 Å². The fourth-order valence-corrected chi connectivity index (χ4v) is 4.38. The third-order valence-electron chi connectivity index (χ3n) is 5.31. The molecule has 160 valence electrons. The molecule has 0 spiro atoms. The Morgan fingerprint density at radius 2 is 2.00 bits per heavy atom. The highest BCUT2D eigenvalue weighted by Crippen LogP contribution is 2.42. The smallest absolute Gasteiger partial charge is 0.250 e. The summed E-state index contributed by atoms with van der Waals surface area (Å²) in [6, 6.07) is 15.6. The Morgan fingerprint density at radius 1 is 1.23 bits per heavy atom. The number of rotatable bonds is 6. The van der Waals surface area contributed by atoms with Crippen LogP contribution in [-0.4, -0.2) is 34.7 Å². The number of aromatic nitrogens is 2. The molecule has 3 aromatic rings. The number of hydrogen-bond acceptors (Lipinski definition) is 4. The van der Waals surface area contributed by atoms with Crippen molar-refractivity contribution in [2.45, 2.75) is 25.9 Å². The lowest BCUT2D eigenvalue weighted by molar-refractivity contribution is -0.119. The van der Waals surface area contributed by atoms with Crippen LogP contribution in [-0.2, 0) is 9.53 Å². The van der Waals surface area contributed by atoms with Gasteiger partial charge in [-0.2, -0.15) is 0 Å². The van der Waals surface area contributed by atoms with Crippen LogP contribution in [0.4, 0.5) is 11.4 Å². The topological polar surface area (TPSA) is 82.3 Å². The van der Waals surface area contributed by atoms with Crippen molar-refractivity contribution < 1.29 is 9.53 Å². The second kappa shape index (κ2) is 8.87. The van der Waals surface area contributed by atoms with Gasteiger partial charge in [0.05, 0.1) is 17.8 Å². The van der Waals surface area contributed by atoms with E-state index >= 15 is 0 Å². The molecule has 1 aliphatic rings. The highest BCUT2D eigenvalue weighted by Gasteiger charge is 2.41. The number of pyridine rings is 1. The van der Waals surface area contributed by atoms with Gasteiger partial charge in [-0.15, -0.1) is 0 Å². The first-order chi connectivity index (χ1) is 15.0. The minimum absolute atomic E-state index is 0.0157. The number of aryl methyl sites for hydroxylation is 2. The summed E-state index contributed by atoms with van der Waals surface area (Å²) in [7, 11) is 1.49. The molecule has 2 atom stereocenters. The number of nitrogens with one attached hydrogen (secondary N) is 3. The molecule has 4 rings (SSSR count). The quantitative estimate of drug-likeness (QED) is 0.511. The average Bonchev–Trinajstić information content (AvgIpc) is 3.27. The van der Waals surface area contributed by atoms with Gasteiger partial charge in [-0.05, 0) is 74.1 Å². The minimum Gasteiger partial charge on any atom is -0.375 e. The molecular weight excluding hydrogens is 410 g/mol. The van der Waals surface area contributed by atoms with E-state index < -0.39 is 0 Å². The number of nitrogens with zero attached hydrogens (tertiary/aromatic N) is 2. The van der Waals surface area contributed by atoms with Crippen LogP contribution in [0.15, 0.2) is 54.7 Å². The molecule has 8 heteroatoms. The summed E-state index contributed by atoms with van der Waals surface area (Å²) >= 11 is 5.75. The van der Waals surface area contributed by atoms with E-state index in [4.69, 9.17) is 17.0 Å². The van der Waals surface area contributed by atoms with Crippen molar-refractivity contribution in [2.75, 3.05) is 23.9 Å². The zero-order valence-corrected chi connectivity index (χ0v) is 18.5. The fourth-order valence-electron chi connectivity index (χ4n) is 4.04. The SMILES string of the molecule is COCC(=O)Nc1ccc(N2C(=S)N[C@@H](c3ccccn3)[C@@H]2c2cc(C)[nH]c2C)cc1. The van der Waals surface area contributed by atoms with Crippen molar-refractivity contribution in [3.8, 4) is 0 Å². The fraction of sp³-hybridized carbons (Fsp3) is 0.261. The van der Waals surface area contributed by atoms with Gasteiger partial charge in [0.2, 0.25) is 5.91 Å². The normalized spacial score (nSPS) is 18.2. The van der Waals surface area contributed by atoms with Gasteiger partial charge in [0.25, 0.3) is 0 Å². The van der Waals surface area contributed by atoms with Crippen molar-refractivity contribution in [1.29, 1.82) is 0 Å². The van der Waals surface area contributed by atoms with Gasteiger partial charge in [-0.1, -0.05) is 6.07 Å². The summed E-state index contributed by atoms with van der Waals surface area (Å²) in [4.78, 5) is 21.9. The van der Waals surface area contributed by atoms with Crippen LogP contribution in [0.5, 0.6) is 0 Å². The van der Waals surface area contributed by atoms with E-state index in [0.29, 0.717) is 10.8 Å². The lowest BCUT2D eigenvalue weighted by Crippen LogP contribution is -2.29. The Bertz CT molecular complexity index is 1080. The molecular formula is C23H25N5O2S. The predicted molar refractivity (Wildman–Crippen MR) is 125 cm³/mol. The maximum Gasteiger partial charge on any atom is 0.250 e. The molecule has 0 radical (unpaired) electrons. The highest BCUT2D eigenvalue weighted by molar-refractivity contribution is 7.80. The Kier molecular flexibility index (Phi) is 6.01. The number of H-pyrrole nitrogens is 1. The first-order valence-corrected chi connectivity index (χ1v) is 10.4. The maximum atomic E-state index is 11.8. The summed E-state index contributed by atoms with van der Waals surface area (Å²) in [6.07, 6.45) is 1.80. The van der Waals surface area contributed by atoms with Crippen molar-refractivity contribution >= 4 is 34.6 Å². The number of benzene rings is 1. The Labute approximate surface area is 186 Å². The molecule has 1 aliphatic heterocycles. The van der Waals surface area contributed by atoms with Gasteiger partial charge in [0.1, 0.15) is 6.61 Å². The molecule has 0 bridgehead atoms. The number of ether oxygens (including phenoxy) is 1. The molecule has 7 nitrogen and oxygen atoms in total. The molecule has 1 saturated heterocycles. The van der Waals surface area contributed by atoms with E-state index in [2.05, 4.69) is 45.4 Å². The van der Waals surface area contributed by atoms with Crippen LogP contribution in [0.1, 0.15) is 34.7 Å². The molecule has 1 aromatic carbocycles. The number of hydrogen-bond donors (Lipinski definition) is 3. The molecule has 3 N–H and O–H groups in total. The van der Waals surface area contributed by atoms with Crippen LogP contribution < -0.4 is 15.5 Å². The lowest BCUT2D eigenvalue weighted by Gasteiger charge is -2.28. The monoisotopic (exact) mass is 435 g/mol. The van der Waals surface area contributed by atoms with Gasteiger partial charge in [0, 0.05) is 36.1 Å². The van der Waals surface area contributed by atoms with Gasteiger partial charge in [-0.3, -0.25) is 9.78 Å². The number of aromatic amines is 1. The van der Waals surface area contributed by atoms with E-state index in [1.807, 2.05) is 42.5 Å². The van der Waals surface area contributed by atoms with Gasteiger partial charge in [0.15, 0.2) is 5.11 Å². The zero-order chi connectivity index (χ0) is 22.0. The molecule has 31 heavy (non-hydrogen) atoms. The van der Waals surface area contributed by atoms with E-state index in [-0.39, 0.29) is 24.6 Å². The van der Waals surface area contributed by atoms with E-state index in [1.54, 1.807) is 6.20 Å². The van der Waals surface area contributed by atoms with Gasteiger partial charge in [-0.25, -0.2) is 0 Å². The van der Waals surface area contributed by atoms with Gasteiger partial charge >= 0.3 is 0 Å². The Morgan fingerprint density at radius 3 is 2.61 bits per heavy atom. The molecule has 0 aliphatic carbocycles. The number of amides is 1. The van der Waals surface area contributed by atoms with Crippen LogP contribution in [0.2, 0.25) is 0 Å². The maximum absolute atomic E-state index is 11.8. The summed E-state index contributed by atoms with van der Waals surface area (Å²) < 4.78 is 4.87. The van der Waals surface area contributed by atoms with E-state index in [0.717, 1.165) is 28.3 Å². The average molecular weight is 436 g/mol. The number of carbonyl (C=O) groups excluding carboxylic acids is 1. The van der Waals surface area contributed by atoms with Crippen LogP contribution in [0.25, 0.3) is 0 Å². The standard InChI is InChI=1S/C23H25N5O2S/c1-14-12-18(15(2)25-14)22-21(19-6-4-5-11-24-19)27-23(31)28(22)17-9-7-16(8-10-17)26-20(29)13-30-3/h4-12,21-22,25H,13H2,1-3H3,(H,26,29)(H,27,31)/t21-,22-/m0/s1. The highest BCUT2D eigenvalue weighted by atomic mass is 32.1. The van der Waals surface area contributed by atoms with Crippen molar-refractivity contribution in [2.24, 2.45) is 0 Å². The third kappa shape index (κ3) is 4.30. The molecule has 1 fully saturated rings. The van der Waals surface area contributed by atoms with Crippen molar-refractivity contribution in [1.82, 2.24) is 15.3 Å². The number of methoxy groups -OCH3 is 1.